The summed E-state index contributed by atoms with van der Waals surface area (Å²) in [7, 11) is -17.2. The molecule has 5 aromatic rings. The maximum atomic E-state index is 13.7. The number of allylic oxidation sites excluding steroid dienone is 6. The number of hydrogen-bond acceptors (Lipinski definition) is 20. The van der Waals surface area contributed by atoms with E-state index in [1.54, 1.807) is 69.5 Å². The summed E-state index contributed by atoms with van der Waals surface area (Å²) in [5, 5.41) is 5.52. The summed E-state index contributed by atoms with van der Waals surface area (Å²) < 4.78 is 177. The van der Waals surface area contributed by atoms with E-state index in [9.17, 15) is 66.3 Å². The summed E-state index contributed by atoms with van der Waals surface area (Å²) in [6, 6.07) is 32.4. The first-order chi connectivity index (χ1) is 47.1. The Labute approximate surface area is 667 Å². The van der Waals surface area contributed by atoms with Crippen LogP contribution in [0.3, 0.4) is 0 Å². The molecule has 0 spiro atoms. The van der Waals surface area contributed by atoms with Crippen LogP contribution in [0.15, 0.2) is 161 Å². The van der Waals surface area contributed by atoms with Crippen molar-refractivity contribution in [1.82, 2.24) is 5.32 Å². The molecule has 1 amide bonds. The molecule has 2 unspecified atom stereocenters. The molecule has 0 saturated heterocycles. The first-order valence-corrected chi connectivity index (χ1v) is 39.8. The molecular weight excluding hydrogens is 1450 g/mol. The van der Waals surface area contributed by atoms with Gasteiger partial charge in [0.25, 0.3) is 26.1 Å². The van der Waals surface area contributed by atoms with E-state index in [-0.39, 0.29) is 172 Å². The fourth-order valence-electron chi connectivity index (χ4n) is 12.2. The third-order valence-corrected chi connectivity index (χ3v) is 22.8. The fourth-order valence-corrected chi connectivity index (χ4v) is 16.7. The van der Waals surface area contributed by atoms with Crippen molar-refractivity contribution in [3.05, 3.63) is 174 Å². The minimum atomic E-state index is -4.98. The van der Waals surface area contributed by atoms with E-state index in [0.29, 0.717) is 122 Å². The number of fused-ring (bicyclic) bond motifs is 2. The molecule has 0 aromatic heterocycles. The van der Waals surface area contributed by atoms with Gasteiger partial charge in [-0.2, -0.15) is 21.4 Å². The van der Waals surface area contributed by atoms with Gasteiger partial charge in [0.05, 0.1) is 103 Å². The standard InChI is InChI=1S/C70H88N3O21PS4.3Na/c1-69(34-18-48-96(77,78)79)60-51-57(98(83,84)85)29-32-62(60)72(37-16-8-9-20-54(74)21-17-36-71-67(75)53-28-31-59(68(76)90-4)64(50-53)95(55-22-10-5-11-23-55)56-24-12-6-13-25-56)65(69)26-14-7-15-27-66-70(2,35-19-49-97(80,81)82)61-52-58(99(86,87)88)30-33-63(61)73(66)38-39-91-42-43-93-46-47-94-45-44-92-41-40-89-3;;;/h5-7,10-15,22-33,50-52H,8-9,16-21,34-49H2,1-4H3,(H4-,71,75,77,78,79,80,81,82,83,84,85,86,87,88);;;/q;3*+1/p-1. The smallest absolute Gasteiger partial charge is 0.748 e. The number of carbonyl (C=O) groups excluding carboxylic acids is 3. The molecule has 24 nitrogen and oxygen atoms in total. The number of ketones is 1. The van der Waals surface area contributed by atoms with Crippen LogP contribution in [-0.2, 0) is 84.5 Å². The maximum absolute atomic E-state index is 13.7. The van der Waals surface area contributed by atoms with E-state index in [4.69, 9.17) is 28.4 Å². The SMILES string of the molecule is COCCOCCOCCOCCOCCN1C(=CC=CC=CC2=[N+](CCCCCC(=O)CCCNC(=O)c3ccc(C(=O)OC)c(P(c4ccccc4)c4ccccc4)c3)c3ccc(S(=O)(=O)[O-])cc3C2(C)CCCS(=O)(=O)[O-])C(C)(CCCS(=O)(=O)O)c2cc(S(=O)(=O)O)ccc21.[Na+].[Na+].[Na+]. The Morgan fingerprint density at radius 2 is 1.18 bits per heavy atom. The number of ether oxygens (including phenoxy) is 6. The van der Waals surface area contributed by atoms with E-state index in [0.717, 1.165) is 10.6 Å². The summed E-state index contributed by atoms with van der Waals surface area (Å²) in [4.78, 5) is 41.1. The number of nitrogens with one attached hydrogen (secondary N) is 1. The zero-order chi connectivity index (χ0) is 71.9. The molecule has 5 aromatic carbocycles. The number of unbranched alkanes of at least 4 members (excludes halogenated alkanes) is 2. The normalized spacial score (nSPS) is 16.4. The van der Waals surface area contributed by atoms with Crippen molar-refractivity contribution in [2.75, 3.05) is 110 Å². The van der Waals surface area contributed by atoms with Crippen LogP contribution in [0.2, 0.25) is 0 Å². The van der Waals surface area contributed by atoms with Crippen LogP contribution in [-0.4, -0.2) is 185 Å². The van der Waals surface area contributed by atoms with Gasteiger partial charge in [0.15, 0.2) is 5.71 Å². The molecule has 0 fully saturated rings. The van der Waals surface area contributed by atoms with Gasteiger partial charge < -0.3 is 47.7 Å². The average molecular weight is 1530 g/mol. The summed E-state index contributed by atoms with van der Waals surface area (Å²) in [5.74, 6) is -2.25. The van der Waals surface area contributed by atoms with Crippen molar-refractivity contribution in [2.24, 2.45) is 0 Å². The second-order valence-electron chi connectivity index (χ2n) is 24.1. The van der Waals surface area contributed by atoms with Crippen LogP contribution in [0.5, 0.6) is 0 Å². The number of anilines is 1. The summed E-state index contributed by atoms with van der Waals surface area (Å²) in [5.41, 5.74) is 1.45. The van der Waals surface area contributed by atoms with Gasteiger partial charge in [-0.25, -0.2) is 21.6 Å². The van der Waals surface area contributed by atoms with Crippen LogP contribution >= 0.6 is 7.92 Å². The Hall–Kier alpha value is -3.73. The number of nitrogens with zero attached hydrogens (tertiary/aromatic N) is 2. The van der Waals surface area contributed by atoms with Crippen molar-refractivity contribution < 1.29 is 188 Å². The summed E-state index contributed by atoms with van der Waals surface area (Å²) in [6.07, 6.45) is 10.9. The quantitative estimate of drug-likeness (QED) is 0.00766. The minimum Gasteiger partial charge on any atom is -0.748 e. The molecule has 0 bridgehead atoms. The molecule has 7 rings (SSSR count). The molecule has 32 heteroatoms. The van der Waals surface area contributed by atoms with E-state index >= 15 is 0 Å². The second kappa shape index (κ2) is 43.3. The minimum absolute atomic E-state index is 0. The fraction of sp³-hybridized carbons (Fsp3) is 0.429. The summed E-state index contributed by atoms with van der Waals surface area (Å²) >= 11 is 0. The zero-order valence-corrected chi connectivity index (χ0v) is 69.1. The van der Waals surface area contributed by atoms with Gasteiger partial charge in [-0.15, -0.1) is 0 Å². The number of hydrogen-bond donors (Lipinski definition) is 3. The van der Waals surface area contributed by atoms with Crippen LogP contribution < -0.4 is 115 Å². The summed E-state index contributed by atoms with van der Waals surface area (Å²) in [6.45, 7) is 7.24. The number of methoxy groups -OCH3 is 2. The van der Waals surface area contributed by atoms with Crippen molar-refractivity contribution in [3.8, 4) is 0 Å². The van der Waals surface area contributed by atoms with Crippen LogP contribution in [0.4, 0.5) is 11.4 Å². The van der Waals surface area contributed by atoms with Gasteiger partial charge in [0, 0.05) is 90.6 Å². The number of amides is 1. The van der Waals surface area contributed by atoms with Crippen LogP contribution in [0.1, 0.15) is 110 Å². The molecule has 2 aliphatic heterocycles. The van der Waals surface area contributed by atoms with Gasteiger partial charge in [-0.05, 0) is 137 Å². The zero-order valence-electron chi connectivity index (χ0n) is 59.0. The van der Waals surface area contributed by atoms with E-state index in [2.05, 4.69) is 5.32 Å². The second-order valence-corrected chi connectivity index (χ2v) is 32.2. The molecular formula is C70H87N3Na3O21PS4+2. The predicted molar refractivity (Wildman–Crippen MR) is 375 cm³/mol. The third kappa shape index (κ3) is 26.9. The van der Waals surface area contributed by atoms with E-state index < -0.39 is 86.5 Å². The molecule has 538 valence electrons. The maximum Gasteiger partial charge on any atom is 1.00 e. The number of rotatable bonds is 43. The first kappa shape index (κ1) is 90.7. The molecule has 0 saturated carbocycles. The van der Waals surface area contributed by atoms with E-state index in [1.807, 2.05) is 70.1 Å². The first-order valence-electron chi connectivity index (χ1n) is 32.4. The molecule has 2 atom stereocenters. The molecule has 2 heterocycles. The van der Waals surface area contributed by atoms with Crippen molar-refractivity contribution in [2.45, 2.75) is 98.7 Å². The monoisotopic (exact) mass is 1530 g/mol. The number of esters is 1. The van der Waals surface area contributed by atoms with Gasteiger partial charge in [-0.3, -0.25) is 18.7 Å². The Morgan fingerprint density at radius 3 is 1.75 bits per heavy atom. The Bertz CT molecular complexity index is 4170. The largest absolute Gasteiger partial charge is 1.00 e. The van der Waals surface area contributed by atoms with Crippen molar-refractivity contribution in [3.63, 3.8) is 0 Å². The Morgan fingerprint density at radius 1 is 0.608 bits per heavy atom. The third-order valence-electron chi connectivity index (χ3n) is 17.1. The van der Waals surface area contributed by atoms with Gasteiger partial charge >= 0.3 is 94.6 Å². The van der Waals surface area contributed by atoms with Gasteiger partial charge in [0.1, 0.15) is 22.4 Å². The number of carbonyl (C=O) groups is 3. The van der Waals surface area contributed by atoms with Crippen LogP contribution in [0, 0.1) is 0 Å². The van der Waals surface area contributed by atoms with Gasteiger partial charge in [0.2, 0.25) is 5.69 Å². The van der Waals surface area contributed by atoms with Crippen molar-refractivity contribution in [1.29, 1.82) is 0 Å². The average Bonchev–Trinajstić information content (AvgIpc) is 1.58. The number of benzene rings is 5. The van der Waals surface area contributed by atoms with Crippen molar-refractivity contribution >= 4 is 99.1 Å². The topological polar surface area (TPSA) is 348 Å². The number of Topliss-reactive ketones (excluding diaryl/α,β-unsaturated/α-hetero) is 1. The molecule has 0 radical (unpaired) electrons. The van der Waals surface area contributed by atoms with Gasteiger partial charge in [-0.1, -0.05) is 78.9 Å². The van der Waals surface area contributed by atoms with E-state index in [1.165, 1.54) is 43.5 Å². The molecule has 0 aliphatic carbocycles. The molecule has 2 aliphatic rings. The predicted octanol–water partition coefficient (Wildman–Crippen LogP) is -1.43. The Balaban J connectivity index is 0.00000735. The van der Waals surface area contributed by atoms with Crippen LogP contribution in [0.25, 0.3) is 0 Å². The molecule has 102 heavy (non-hydrogen) atoms. The molecule has 3 N–H and O–H groups in total. The Kier molecular flexibility index (Phi) is 38.5.